The van der Waals surface area contributed by atoms with E-state index in [0.29, 0.717) is 6.54 Å². The van der Waals surface area contributed by atoms with Crippen molar-refractivity contribution < 1.29 is 4.74 Å². The first-order valence-corrected chi connectivity index (χ1v) is 6.95. The van der Waals surface area contributed by atoms with E-state index >= 15 is 0 Å². The number of nitrogens with zero attached hydrogens (tertiary/aromatic N) is 3. The fourth-order valence-corrected chi connectivity index (χ4v) is 1.78. The Hall–Kier alpha value is -2.04. The van der Waals surface area contributed by atoms with Crippen molar-refractivity contribution in [2.24, 2.45) is 7.05 Å². The molecule has 0 aliphatic rings. The van der Waals surface area contributed by atoms with Crippen molar-refractivity contribution >= 4 is 5.69 Å². The minimum Gasteiger partial charge on any atom is -0.491 e. The van der Waals surface area contributed by atoms with Crippen LogP contribution in [0.2, 0.25) is 0 Å². The molecule has 1 aromatic carbocycles. The van der Waals surface area contributed by atoms with Crippen molar-refractivity contribution in [3.8, 4) is 5.75 Å². The standard InChI is InChI=1S/C15H22N4O/c1-5-11(2)20-14-8-6-7-13(9-14)16-10-15-18-17-12(3)19(15)4/h6-9,11,16H,5,10H2,1-4H3. The summed E-state index contributed by atoms with van der Waals surface area (Å²) in [5.74, 6) is 2.71. The molecule has 0 saturated carbocycles. The summed E-state index contributed by atoms with van der Waals surface area (Å²) in [5.41, 5.74) is 1.02. The van der Waals surface area contributed by atoms with Gasteiger partial charge in [-0.3, -0.25) is 0 Å². The van der Waals surface area contributed by atoms with Gasteiger partial charge in [0.1, 0.15) is 11.6 Å². The molecule has 1 heterocycles. The van der Waals surface area contributed by atoms with Crippen LogP contribution >= 0.6 is 0 Å². The number of benzene rings is 1. The van der Waals surface area contributed by atoms with E-state index in [-0.39, 0.29) is 6.10 Å². The molecule has 0 spiro atoms. The number of aromatic nitrogens is 3. The summed E-state index contributed by atoms with van der Waals surface area (Å²) in [7, 11) is 1.97. The van der Waals surface area contributed by atoms with Crippen LogP contribution in [0.25, 0.3) is 0 Å². The molecule has 0 aliphatic carbocycles. The third kappa shape index (κ3) is 3.50. The van der Waals surface area contributed by atoms with Crippen LogP contribution in [0.1, 0.15) is 31.9 Å². The number of hydrogen-bond acceptors (Lipinski definition) is 4. The van der Waals surface area contributed by atoms with Crippen LogP contribution in [-0.4, -0.2) is 20.9 Å². The van der Waals surface area contributed by atoms with Crippen molar-refractivity contribution in [1.82, 2.24) is 14.8 Å². The molecular formula is C15H22N4O. The summed E-state index contributed by atoms with van der Waals surface area (Å²) in [5, 5.41) is 11.5. The van der Waals surface area contributed by atoms with E-state index in [1.165, 1.54) is 0 Å². The second kappa shape index (κ2) is 6.41. The zero-order valence-electron chi connectivity index (χ0n) is 12.6. The highest BCUT2D eigenvalue weighted by atomic mass is 16.5. The van der Waals surface area contributed by atoms with Crippen LogP contribution in [0.4, 0.5) is 5.69 Å². The van der Waals surface area contributed by atoms with Crippen LogP contribution < -0.4 is 10.1 Å². The number of anilines is 1. The summed E-state index contributed by atoms with van der Waals surface area (Å²) >= 11 is 0. The molecule has 0 amide bonds. The van der Waals surface area contributed by atoms with E-state index in [1.807, 2.05) is 42.8 Å². The highest BCUT2D eigenvalue weighted by molar-refractivity contribution is 5.48. The lowest BCUT2D eigenvalue weighted by atomic mass is 10.2. The minimum atomic E-state index is 0.228. The number of ether oxygens (including phenoxy) is 1. The molecule has 1 N–H and O–H groups in total. The molecule has 2 rings (SSSR count). The molecule has 1 unspecified atom stereocenters. The van der Waals surface area contributed by atoms with Crippen LogP contribution in [0, 0.1) is 6.92 Å². The molecule has 5 nitrogen and oxygen atoms in total. The molecular weight excluding hydrogens is 252 g/mol. The second-order valence-electron chi connectivity index (χ2n) is 4.94. The lowest BCUT2D eigenvalue weighted by molar-refractivity contribution is 0.217. The Morgan fingerprint density at radius 1 is 1.35 bits per heavy atom. The second-order valence-corrected chi connectivity index (χ2v) is 4.94. The summed E-state index contributed by atoms with van der Waals surface area (Å²) in [4.78, 5) is 0. The predicted octanol–water partition coefficient (Wildman–Crippen LogP) is 2.91. The Bertz CT molecular complexity index is 565. The van der Waals surface area contributed by atoms with Crippen LogP contribution in [0.3, 0.4) is 0 Å². The molecule has 0 saturated heterocycles. The zero-order valence-corrected chi connectivity index (χ0v) is 12.6. The number of aryl methyl sites for hydroxylation is 1. The summed E-state index contributed by atoms with van der Waals surface area (Å²) in [6.07, 6.45) is 1.22. The van der Waals surface area contributed by atoms with E-state index in [9.17, 15) is 0 Å². The number of nitrogens with one attached hydrogen (secondary N) is 1. The lowest BCUT2D eigenvalue weighted by Gasteiger charge is -2.14. The third-order valence-electron chi connectivity index (χ3n) is 3.38. The van der Waals surface area contributed by atoms with Gasteiger partial charge in [-0.1, -0.05) is 13.0 Å². The maximum atomic E-state index is 5.81. The van der Waals surface area contributed by atoms with Gasteiger partial charge in [0.15, 0.2) is 5.82 Å². The number of rotatable bonds is 6. The fraction of sp³-hybridized carbons (Fsp3) is 0.467. The van der Waals surface area contributed by atoms with E-state index in [0.717, 1.165) is 29.5 Å². The first-order chi connectivity index (χ1) is 9.60. The fourth-order valence-electron chi connectivity index (χ4n) is 1.78. The SMILES string of the molecule is CCC(C)Oc1cccc(NCc2nnc(C)n2C)c1. The van der Waals surface area contributed by atoms with Gasteiger partial charge in [-0.2, -0.15) is 0 Å². The van der Waals surface area contributed by atoms with Crippen molar-refractivity contribution in [3.63, 3.8) is 0 Å². The average Bonchev–Trinajstić information content (AvgIpc) is 2.77. The van der Waals surface area contributed by atoms with Gasteiger partial charge in [-0.15, -0.1) is 10.2 Å². The molecule has 0 fully saturated rings. The molecule has 5 heteroatoms. The molecule has 0 aliphatic heterocycles. The molecule has 2 aromatic rings. The highest BCUT2D eigenvalue weighted by Gasteiger charge is 2.05. The first-order valence-electron chi connectivity index (χ1n) is 6.95. The van der Waals surface area contributed by atoms with Crippen molar-refractivity contribution in [2.75, 3.05) is 5.32 Å². The van der Waals surface area contributed by atoms with E-state index in [2.05, 4.69) is 29.4 Å². The average molecular weight is 274 g/mol. The molecule has 0 bridgehead atoms. The normalized spacial score (nSPS) is 12.2. The first kappa shape index (κ1) is 14.4. The molecule has 0 radical (unpaired) electrons. The highest BCUT2D eigenvalue weighted by Crippen LogP contribution is 2.19. The van der Waals surface area contributed by atoms with E-state index in [4.69, 9.17) is 4.74 Å². The minimum absolute atomic E-state index is 0.228. The Morgan fingerprint density at radius 2 is 2.15 bits per heavy atom. The van der Waals surface area contributed by atoms with Gasteiger partial charge < -0.3 is 14.6 Å². The maximum Gasteiger partial charge on any atom is 0.152 e. The van der Waals surface area contributed by atoms with Gasteiger partial charge in [0, 0.05) is 18.8 Å². The topological polar surface area (TPSA) is 52.0 Å². The third-order valence-corrected chi connectivity index (χ3v) is 3.38. The smallest absolute Gasteiger partial charge is 0.152 e. The van der Waals surface area contributed by atoms with E-state index < -0.39 is 0 Å². The summed E-state index contributed by atoms with van der Waals surface area (Å²) in [6, 6.07) is 7.99. The Labute approximate surface area is 120 Å². The van der Waals surface area contributed by atoms with Gasteiger partial charge >= 0.3 is 0 Å². The van der Waals surface area contributed by atoms with Crippen molar-refractivity contribution in [2.45, 2.75) is 39.8 Å². The van der Waals surface area contributed by atoms with Crippen LogP contribution in [0.5, 0.6) is 5.75 Å². The van der Waals surface area contributed by atoms with Gasteiger partial charge in [0.05, 0.1) is 12.6 Å². The largest absolute Gasteiger partial charge is 0.491 e. The Balaban J connectivity index is 1.99. The monoisotopic (exact) mass is 274 g/mol. The van der Waals surface area contributed by atoms with Gasteiger partial charge in [0.2, 0.25) is 0 Å². The predicted molar refractivity (Wildman–Crippen MR) is 79.9 cm³/mol. The van der Waals surface area contributed by atoms with Crippen LogP contribution in [0.15, 0.2) is 24.3 Å². The van der Waals surface area contributed by atoms with Gasteiger partial charge in [-0.05, 0) is 32.4 Å². The Morgan fingerprint density at radius 3 is 2.80 bits per heavy atom. The lowest BCUT2D eigenvalue weighted by Crippen LogP contribution is -2.10. The Kier molecular flexibility index (Phi) is 4.61. The quantitative estimate of drug-likeness (QED) is 0.880. The van der Waals surface area contributed by atoms with Gasteiger partial charge in [0.25, 0.3) is 0 Å². The van der Waals surface area contributed by atoms with Crippen molar-refractivity contribution in [3.05, 3.63) is 35.9 Å². The zero-order chi connectivity index (χ0) is 14.5. The molecule has 1 aromatic heterocycles. The van der Waals surface area contributed by atoms with E-state index in [1.54, 1.807) is 0 Å². The van der Waals surface area contributed by atoms with Gasteiger partial charge in [-0.25, -0.2) is 0 Å². The number of hydrogen-bond donors (Lipinski definition) is 1. The van der Waals surface area contributed by atoms with Crippen LogP contribution in [-0.2, 0) is 13.6 Å². The molecule has 108 valence electrons. The summed E-state index contributed by atoms with van der Waals surface area (Å²) in [6.45, 7) is 6.77. The molecule has 20 heavy (non-hydrogen) atoms. The van der Waals surface area contributed by atoms with Crippen molar-refractivity contribution in [1.29, 1.82) is 0 Å². The maximum absolute atomic E-state index is 5.81. The summed E-state index contributed by atoms with van der Waals surface area (Å²) < 4.78 is 7.79. The molecule has 1 atom stereocenters.